The predicted molar refractivity (Wildman–Crippen MR) is 72.1 cm³/mol. The summed E-state index contributed by atoms with van der Waals surface area (Å²) in [6.45, 7) is 6.15. The fraction of sp³-hybridized carbons (Fsp3) is 0.538. The fourth-order valence-corrected chi connectivity index (χ4v) is 2.47. The highest BCUT2D eigenvalue weighted by atomic mass is 32.1. The van der Waals surface area contributed by atoms with Crippen molar-refractivity contribution in [1.29, 1.82) is 0 Å². The number of amides is 1. The molecule has 1 N–H and O–H groups in total. The maximum Gasteiger partial charge on any atom is 0.305 e. The summed E-state index contributed by atoms with van der Waals surface area (Å²) in [6.07, 6.45) is 0.802. The lowest BCUT2D eigenvalue weighted by Crippen LogP contribution is -2.39. The van der Waals surface area contributed by atoms with Crippen molar-refractivity contribution in [2.75, 3.05) is 6.54 Å². The Balaban J connectivity index is 2.81. The number of hydrogen-bond acceptors (Lipinski definition) is 3. The molecule has 5 heteroatoms. The molecule has 4 nitrogen and oxygen atoms in total. The number of nitrogens with zero attached hydrogens (tertiary/aromatic N) is 1. The molecule has 0 aliphatic heterocycles. The highest BCUT2D eigenvalue weighted by Crippen LogP contribution is 2.19. The van der Waals surface area contributed by atoms with E-state index in [1.54, 1.807) is 11.0 Å². The lowest BCUT2D eigenvalue weighted by molar-refractivity contribution is -0.137. The van der Waals surface area contributed by atoms with E-state index in [2.05, 4.69) is 0 Å². The summed E-state index contributed by atoms with van der Waals surface area (Å²) in [6, 6.07) is 3.77. The van der Waals surface area contributed by atoms with E-state index in [1.165, 1.54) is 11.3 Å². The second-order valence-corrected chi connectivity index (χ2v) is 5.60. The smallest absolute Gasteiger partial charge is 0.305 e. The van der Waals surface area contributed by atoms with Gasteiger partial charge >= 0.3 is 5.97 Å². The van der Waals surface area contributed by atoms with Gasteiger partial charge in [-0.25, -0.2) is 0 Å². The van der Waals surface area contributed by atoms with E-state index in [4.69, 9.17) is 5.11 Å². The molecule has 1 amide bonds. The van der Waals surface area contributed by atoms with E-state index in [1.807, 2.05) is 26.8 Å². The second kappa shape index (κ2) is 6.54. The van der Waals surface area contributed by atoms with Gasteiger partial charge < -0.3 is 10.0 Å². The molecule has 1 aromatic rings. The highest BCUT2D eigenvalue weighted by Gasteiger charge is 2.22. The van der Waals surface area contributed by atoms with Crippen molar-refractivity contribution in [2.24, 2.45) is 0 Å². The molecule has 0 aliphatic carbocycles. The van der Waals surface area contributed by atoms with Crippen LogP contribution in [0.2, 0.25) is 0 Å². The molecule has 1 atom stereocenters. The Morgan fingerprint density at radius 1 is 1.44 bits per heavy atom. The van der Waals surface area contributed by atoms with Crippen molar-refractivity contribution in [3.8, 4) is 0 Å². The number of aliphatic carboxylic acids is 1. The summed E-state index contributed by atoms with van der Waals surface area (Å²) < 4.78 is 0. The maximum atomic E-state index is 12.3. The zero-order chi connectivity index (χ0) is 13.7. The molecule has 0 radical (unpaired) electrons. The normalized spacial score (nSPS) is 12.2. The minimum Gasteiger partial charge on any atom is -0.481 e. The van der Waals surface area contributed by atoms with Crippen LogP contribution < -0.4 is 0 Å². The first-order valence-electron chi connectivity index (χ1n) is 6.05. The van der Waals surface area contributed by atoms with Gasteiger partial charge in [0.1, 0.15) is 0 Å². The van der Waals surface area contributed by atoms with E-state index in [0.717, 1.165) is 11.3 Å². The van der Waals surface area contributed by atoms with Crippen LogP contribution in [0.5, 0.6) is 0 Å². The lowest BCUT2D eigenvalue weighted by Gasteiger charge is -2.27. The summed E-state index contributed by atoms with van der Waals surface area (Å²) in [5, 5.41) is 8.74. The number of carbonyl (C=O) groups is 2. The number of aryl methyl sites for hydroxylation is 1. The van der Waals surface area contributed by atoms with Crippen LogP contribution >= 0.6 is 11.3 Å². The van der Waals surface area contributed by atoms with Gasteiger partial charge in [-0.2, -0.15) is 0 Å². The third-order valence-electron chi connectivity index (χ3n) is 2.90. The van der Waals surface area contributed by atoms with Crippen molar-refractivity contribution in [3.05, 3.63) is 21.9 Å². The van der Waals surface area contributed by atoms with Crippen LogP contribution in [0.3, 0.4) is 0 Å². The third-order valence-corrected chi connectivity index (χ3v) is 3.89. The number of carboxylic acids is 1. The molecule has 0 aromatic carbocycles. The van der Waals surface area contributed by atoms with E-state index in [-0.39, 0.29) is 24.9 Å². The highest BCUT2D eigenvalue weighted by molar-refractivity contribution is 7.13. The van der Waals surface area contributed by atoms with Crippen LogP contribution in [-0.2, 0) is 4.79 Å². The first kappa shape index (κ1) is 14.7. The SMILES string of the molecule is CC[C@@H](C)N(CCC(=O)O)C(=O)c1ccc(C)s1. The summed E-state index contributed by atoms with van der Waals surface area (Å²) in [4.78, 5) is 26.4. The van der Waals surface area contributed by atoms with Gasteiger partial charge in [-0.05, 0) is 32.4 Å². The third kappa shape index (κ3) is 3.84. The summed E-state index contributed by atoms with van der Waals surface area (Å²) in [5.41, 5.74) is 0. The van der Waals surface area contributed by atoms with E-state index in [9.17, 15) is 9.59 Å². The number of hydrogen-bond donors (Lipinski definition) is 1. The second-order valence-electron chi connectivity index (χ2n) is 4.31. The van der Waals surface area contributed by atoms with Crippen molar-refractivity contribution < 1.29 is 14.7 Å². The molecule has 100 valence electrons. The van der Waals surface area contributed by atoms with E-state index in [0.29, 0.717) is 4.88 Å². The van der Waals surface area contributed by atoms with Crippen LogP contribution in [0.1, 0.15) is 41.2 Å². The Morgan fingerprint density at radius 3 is 2.56 bits per heavy atom. The van der Waals surface area contributed by atoms with Gasteiger partial charge in [-0.3, -0.25) is 9.59 Å². The molecule has 0 aliphatic rings. The van der Waals surface area contributed by atoms with Crippen molar-refractivity contribution in [3.63, 3.8) is 0 Å². The molecule has 0 saturated heterocycles. The standard InChI is InChI=1S/C13H19NO3S/c1-4-9(2)14(8-7-12(15)16)13(17)11-6-5-10(3)18-11/h5-6,9H,4,7-8H2,1-3H3,(H,15,16)/t9-/m1/s1. The number of carboxylic acid groups (broad SMARTS) is 1. The molecular formula is C13H19NO3S. The Kier molecular flexibility index (Phi) is 5.34. The predicted octanol–water partition coefficient (Wildman–Crippen LogP) is 2.77. The van der Waals surface area contributed by atoms with Gasteiger partial charge in [0.15, 0.2) is 0 Å². The number of carbonyl (C=O) groups excluding carboxylic acids is 1. The van der Waals surface area contributed by atoms with Gasteiger partial charge in [0, 0.05) is 17.5 Å². The maximum absolute atomic E-state index is 12.3. The molecule has 1 heterocycles. The van der Waals surface area contributed by atoms with Crippen molar-refractivity contribution in [1.82, 2.24) is 4.90 Å². The number of thiophene rings is 1. The van der Waals surface area contributed by atoms with Gasteiger partial charge in [0.2, 0.25) is 0 Å². The molecule has 0 unspecified atom stereocenters. The van der Waals surface area contributed by atoms with Crippen LogP contribution in [0.25, 0.3) is 0 Å². The Bertz CT molecular complexity index is 428. The molecule has 1 aromatic heterocycles. The van der Waals surface area contributed by atoms with E-state index < -0.39 is 5.97 Å². The Labute approximate surface area is 111 Å². The zero-order valence-corrected chi connectivity index (χ0v) is 11.8. The van der Waals surface area contributed by atoms with Gasteiger partial charge in [-0.1, -0.05) is 6.92 Å². The quantitative estimate of drug-likeness (QED) is 0.864. The summed E-state index contributed by atoms with van der Waals surface area (Å²) >= 11 is 1.45. The average molecular weight is 269 g/mol. The Hall–Kier alpha value is -1.36. The molecule has 1 rings (SSSR count). The molecule has 0 fully saturated rings. The molecule has 0 spiro atoms. The number of rotatable bonds is 6. The monoisotopic (exact) mass is 269 g/mol. The van der Waals surface area contributed by atoms with Gasteiger partial charge in [-0.15, -0.1) is 11.3 Å². The zero-order valence-electron chi connectivity index (χ0n) is 11.0. The molecule has 0 bridgehead atoms. The van der Waals surface area contributed by atoms with Gasteiger partial charge in [0.25, 0.3) is 5.91 Å². The van der Waals surface area contributed by atoms with Crippen LogP contribution in [0, 0.1) is 6.92 Å². The minimum absolute atomic E-state index is 0.0135. The average Bonchev–Trinajstić information content (AvgIpc) is 2.75. The first-order valence-corrected chi connectivity index (χ1v) is 6.86. The first-order chi connectivity index (χ1) is 8.45. The largest absolute Gasteiger partial charge is 0.481 e. The lowest BCUT2D eigenvalue weighted by atomic mass is 10.2. The molecule has 0 saturated carbocycles. The van der Waals surface area contributed by atoms with E-state index >= 15 is 0 Å². The molecular weight excluding hydrogens is 250 g/mol. The molecule has 18 heavy (non-hydrogen) atoms. The van der Waals surface area contributed by atoms with Crippen LogP contribution in [0.4, 0.5) is 0 Å². The van der Waals surface area contributed by atoms with Crippen LogP contribution in [0.15, 0.2) is 12.1 Å². The Morgan fingerprint density at radius 2 is 2.11 bits per heavy atom. The minimum atomic E-state index is -0.876. The van der Waals surface area contributed by atoms with Crippen molar-refractivity contribution >= 4 is 23.2 Å². The summed E-state index contributed by atoms with van der Waals surface area (Å²) in [5.74, 6) is -0.942. The fourth-order valence-electron chi connectivity index (χ4n) is 1.65. The summed E-state index contributed by atoms with van der Waals surface area (Å²) in [7, 11) is 0. The van der Waals surface area contributed by atoms with Crippen LogP contribution in [-0.4, -0.2) is 34.5 Å². The van der Waals surface area contributed by atoms with Crippen molar-refractivity contribution in [2.45, 2.75) is 39.7 Å². The van der Waals surface area contributed by atoms with Gasteiger partial charge in [0.05, 0.1) is 11.3 Å². The topological polar surface area (TPSA) is 57.6 Å².